The Morgan fingerprint density at radius 1 is 1.50 bits per heavy atom. The standard InChI is InChI=1S/C11H10N4S/c12-6-8-1-2-10-11(5-8)15(14-13-10)9-3-4-16-7-9/h1-2,5,9H,3-4,7H2. The number of fused-ring (bicyclic) bond motifs is 1. The number of rotatable bonds is 1. The van der Waals surface area contributed by atoms with Crippen LogP contribution in [-0.2, 0) is 0 Å². The molecule has 16 heavy (non-hydrogen) atoms. The molecule has 5 heteroatoms. The maximum absolute atomic E-state index is 8.89. The van der Waals surface area contributed by atoms with Gasteiger partial charge in [-0.05, 0) is 30.4 Å². The van der Waals surface area contributed by atoms with Gasteiger partial charge in [-0.1, -0.05) is 5.21 Å². The van der Waals surface area contributed by atoms with Gasteiger partial charge >= 0.3 is 0 Å². The third-order valence-corrected chi connectivity index (χ3v) is 4.00. The van der Waals surface area contributed by atoms with Gasteiger partial charge in [-0.25, -0.2) is 4.68 Å². The molecule has 0 radical (unpaired) electrons. The molecule has 1 saturated heterocycles. The fourth-order valence-electron chi connectivity index (χ4n) is 1.99. The van der Waals surface area contributed by atoms with Crippen molar-refractivity contribution in [2.75, 3.05) is 11.5 Å². The minimum atomic E-state index is 0.434. The van der Waals surface area contributed by atoms with E-state index in [9.17, 15) is 0 Å². The Morgan fingerprint density at radius 3 is 3.19 bits per heavy atom. The van der Waals surface area contributed by atoms with Crippen molar-refractivity contribution in [2.45, 2.75) is 12.5 Å². The summed E-state index contributed by atoms with van der Waals surface area (Å²) in [7, 11) is 0. The molecule has 2 aromatic rings. The lowest BCUT2D eigenvalue weighted by atomic mass is 10.2. The van der Waals surface area contributed by atoms with E-state index in [1.165, 1.54) is 5.75 Å². The predicted molar refractivity (Wildman–Crippen MR) is 63.2 cm³/mol. The molecule has 1 aliphatic rings. The lowest BCUT2D eigenvalue weighted by Gasteiger charge is -2.08. The molecule has 0 N–H and O–H groups in total. The van der Waals surface area contributed by atoms with Crippen LogP contribution in [0.2, 0.25) is 0 Å². The Balaban J connectivity index is 2.14. The van der Waals surface area contributed by atoms with Gasteiger partial charge < -0.3 is 0 Å². The molecule has 1 aromatic heterocycles. The van der Waals surface area contributed by atoms with Crippen molar-refractivity contribution in [3.05, 3.63) is 23.8 Å². The first-order chi connectivity index (χ1) is 7.88. The monoisotopic (exact) mass is 230 g/mol. The Hall–Kier alpha value is -1.54. The lowest BCUT2D eigenvalue weighted by Crippen LogP contribution is -2.09. The van der Waals surface area contributed by atoms with Crippen molar-refractivity contribution in [3.63, 3.8) is 0 Å². The first kappa shape index (κ1) is 9.67. The normalized spacial score (nSPS) is 20.1. The molecule has 3 rings (SSSR count). The topological polar surface area (TPSA) is 54.5 Å². The lowest BCUT2D eigenvalue weighted by molar-refractivity contribution is 0.501. The summed E-state index contributed by atoms with van der Waals surface area (Å²) < 4.78 is 1.97. The van der Waals surface area contributed by atoms with Crippen LogP contribution in [0.4, 0.5) is 0 Å². The van der Waals surface area contributed by atoms with Crippen LogP contribution in [0.3, 0.4) is 0 Å². The van der Waals surface area contributed by atoms with Gasteiger partial charge in [-0.2, -0.15) is 17.0 Å². The van der Waals surface area contributed by atoms with Gasteiger partial charge in [0.2, 0.25) is 0 Å². The molecule has 80 valence electrons. The molecule has 1 aliphatic heterocycles. The molecule has 0 saturated carbocycles. The molecular weight excluding hydrogens is 220 g/mol. The van der Waals surface area contributed by atoms with Gasteiger partial charge in [0, 0.05) is 5.75 Å². The summed E-state index contributed by atoms with van der Waals surface area (Å²) in [5.74, 6) is 2.28. The van der Waals surface area contributed by atoms with Gasteiger partial charge in [-0.15, -0.1) is 5.10 Å². The van der Waals surface area contributed by atoms with Crippen LogP contribution in [0.1, 0.15) is 18.0 Å². The molecule has 0 bridgehead atoms. The summed E-state index contributed by atoms with van der Waals surface area (Å²) in [6.45, 7) is 0. The minimum absolute atomic E-state index is 0.434. The highest BCUT2D eigenvalue weighted by Gasteiger charge is 2.20. The Bertz CT molecular complexity index is 563. The number of nitrogens with zero attached hydrogens (tertiary/aromatic N) is 4. The average Bonchev–Trinajstić information content (AvgIpc) is 2.96. The summed E-state index contributed by atoms with van der Waals surface area (Å²) in [6, 6.07) is 8.10. The van der Waals surface area contributed by atoms with E-state index in [-0.39, 0.29) is 0 Å². The molecule has 0 amide bonds. The first-order valence-corrected chi connectivity index (χ1v) is 6.37. The van der Waals surface area contributed by atoms with Crippen LogP contribution in [0, 0.1) is 11.3 Å². The number of thioether (sulfide) groups is 1. The maximum atomic E-state index is 8.89. The quantitative estimate of drug-likeness (QED) is 0.751. The number of hydrogen-bond donors (Lipinski definition) is 0. The van der Waals surface area contributed by atoms with E-state index in [1.54, 1.807) is 6.07 Å². The number of aromatic nitrogens is 3. The second kappa shape index (κ2) is 3.80. The van der Waals surface area contributed by atoms with Crippen LogP contribution in [0.25, 0.3) is 11.0 Å². The van der Waals surface area contributed by atoms with Crippen molar-refractivity contribution in [3.8, 4) is 6.07 Å². The van der Waals surface area contributed by atoms with E-state index in [4.69, 9.17) is 5.26 Å². The van der Waals surface area contributed by atoms with E-state index in [0.29, 0.717) is 11.6 Å². The van der Waals surface area contributed by atoms with E-state index in [1.807, 2.05) is 28.6 Å². The van der Waals surface area contributed by atoms with Gasteiger partial charge in [0.05, 0.1) is 23.2 Å². The third kappa shape index (κ3) is 1.46. The van der Waals surface area contributed by atoms with Gasteiger partial charge in [0.15, 0.2) is 0 Å². The van der Waals surface area contributed by atoms with Gasteiger partial charge in [0.1, 0.15) is 5.52 Å². The van der Waals surface area contributed by atoms with Crippen molar-refractivity contribution >= 4 is 22.8 Å². The highest BCUT2D eigenvalue weighted by Crippen LogP contribution is 2.29. The van der Waals surface area contributed by atoms with E-state index >= 15 is 0 Å². The number of nitriles is 1. The summed E-state index contributed by atoms with van der Waals surface area (Å²) >= 11 is 1.95. The van der Waals surface area contributed by atoms with Gasteiger partial charge in [-0.3, -0.25) is 0 Å². The first-order valence-electron chi connectivity index (χ1n) is 5.21. The Morgan fingerprint density at radius 2 is 2.44 bits per heavy atom. The highest BCUT2D eigenvalue weighted by atomic mass is 32.2. The van der Waals surface area contributed by atoms with Crippen molar-refractivity contribution in [2.24, 2.45) is 0 Å². The third-order valence-electron chi connectivity index (χ3n) is 2.85. The van der Waals surface area contributed by atoms with Gasteiger partial charge in [0.25, 0.3) is 0 Å². The molecular formula is C11H10N4S. The van der Waals surface area contributed by atoms with Crippen molar-refractivity contribution in [1.82, 2.24) is 15.0 Å². The molecule has 1 fully saturated rings. The van der Waals surface area contributed by atoms with Crippen LogP contribution in [0.15, 0.2) is 18.2 Å². The van der Waals surface area contributed by atoms with E-state index < -0.39 is 0 Å². The summed E-state index contributed by atoms with van der Waals surface area (Å²) in [5.41, 5.74) is 2.52. The van der Waals surface area contributed by atoms with Crippen LogP contribution >= 0.6 is 11.8 Å². The Labute approximate surface area is 97.2 Å². The van der Waals surface area contributed by atoms with Crippen molar-refractivity contribution < 1.29 is 0 Å². The fraction of sp³-hybridized carbons (Fsp3) is 0.364. The predicted octanol–water partition coefficient (Wildman–Crippen LogP) is 1.98. The highest BCUT2D eigenvalue weighted by molar-refractivity contribution is 7.99. The summed E-state index contributed by atoms with van der Waals surface area (Å²) in [5, 5.41) is 17.2. The zero-order valence-electron chi connectivity index (χ0n) is 8.63. The SMILES string of the molecule is N#Cc1ccc2nnn(C3CCSC3)c2c1. The molecule has 0 spiro atoms. The van der Waals surface area contributed by atoms with E-state index in [2.05, 4.69) is 16.4 Å². The molecule has 1 atom stereocenters. The summed E-state index contributed by atoms with van der Waals surface area (Å²) in [6.07, 6.45) is 1.14. The smallest absolute Gasteiger partial charge is 0.113 e. The molecule has 1 unspecified atom stereocenters. The zero-order valence-corrected chi connectivity index (χ0v) is 9.44. The zero-order chi connectivity index (χ0) is 11.0. The van der Waals surface area contributed by atoms with Crippen LogP contribution < -0.4 is 0 Å². The summed E-state index contributed by atoms with van der Waals surface area (Å²) in [4.78, 5) is 0. The van der Waals surface area contributed by atoms with E-state index in [0.717, 1.165) is 23.2 Å². The average molecular weight is 230 g/mol. The van der Waals surface area contributed by atoms with Crippen molar-refractivity contribution in [1.29, 1.82) is 5.26 Å². The second-order valence-electron chi connectivity index (χ2n) is 3.87. The number of hydrogen-bond acceptors (Lipinski definition) is 4. The molecule has 1 aromatic carbocycles. The number of benzene rings is 1. The molecule has 4 nitrogen and oxygen atoms in total. The minimum Gasteiger partial charge on any atom is -0.241 e. The fourth-order valence-corrected chi connectivity index (χ4v) is 3.18. The van der Waals surface area contributed by atoms with Crippen LogP contribution in [-0.4, -0.2) is 26.5 Å². The molecule has 2 heterocycles. The Kier molecular flexibility index (Phi) is 2.29. The molecule has 0 aliphatic carbocycles. The maximum Gasteiger partial charge on any atom is 0.113 e. The van der Waals surface area contributed by atoms with Crippen LogP contribution in [0.5, 0.6) is 0 Å². The second-order valence-corrected chi connectivity index (χ2v) is 5.02. The largest absolute Gasteiger partial charge is 0.241 e.